The van der Waals surface area contributed by atoms with Crippen LogP contribution in [-0.2, 0) is 19.1 Å². The molecule has 3 aliphatic heterocycles. The van der Waals surface area contributed by atoms with Gasteiger partial charge < -0.3 is 19.6 Å². The number of hydrogen-bond donors (Lipinski definition) is 1. The summed E-state index contributed by atoms with van der Waals surface area (Å²) in [5.74, 6) is -2.39. The van der Waals surface area contributed by atoms with Gasteiger partial charge in [-0.05, 0) is 48.6 Å². The maximum absolute atomic E-state index is 14.8. The van der Waals surface area contributed by atoms with E-state index in [9.17, 15) is 19.5 Å². The van der Waals surface area contributed by atoms with Gasteiger partial charge in [0.25, 0.3) is 5.91 Å². The molecule has 3 heterocycles. The molecular formula is C32H38N2O5S. The van der Waals surface area contributed by atoms with Gasteiger partial charge in [0, 0.05) is 17.0 Å². The summed E-state index contributed by atoms with van der Waals surface area (Å²) in [6.45, 7) is 13.5. The van der Waals surface area contributed by atoms with Gasteiger partial charge >= 0.3 is 5.97 Å². The molecule has 7 nitrogen and oxygen atoms in total. The first kappa shape index (κ1) is 28.4. The maximum Gasteiger partial charge on any atom is 0.311 e. The van der Waals surface area contributed by atoms with Crippen molar-refractivity contribution in [1.82, 2.24) is 4.90 Å². The second-order valence-electron chi connectivity index (χ2n) is 11.7. The standard InChI is InChI=1S/C32H38N2O5S/c1-6-16-33(23-13-12-21-10-8-9-11-22(21)18-23)29(37)27-32-15-14-31(5,40-32)26(30(38)39-17-7-2)25(32)28(36)34(27)24(19-35)20(3)4/h6-13,18,20,24-27,35H,1-2,14-17,19H2,3-5H3/t24-,25-,26-,27?,31+,32?/m0/s1. The zero-order chi connectivity index (χ0) is 28.8. The van der Waals surface area contributed by atoms with E-state index in [1.807, 2.05) is 63.2 Å². The molecule has 2 bridgehead atoms. The van der Waals surface area contributed by atoms with Crippen LogP contribution in [0.3, 0.4) is 0 Å². The van der Waals surface area contributed by atoms with Gasteiger partial charge in [-0.3, -0.25) is 14.4 Å². The highest BCUT2D eigenvalue weighted by atomic mass is 32.2. The van der Waals surface area contributed by atoms with Gasteiger partial charge in [0.2, 0.25) is 5.91 Å². The van der Waals surface area contributed by atoms with Crippen molar-refractivity contribution in [3.8, 4) is 0 Å². The molecule has 0 radical (unpaired) electrons. The fourth-order valence-corrected chi connectivity index (χ4v) is 9.48. The first-order chi connectivity index (χ1) is 19.1. The van der Waals surface area contributed by atoms with E-state index < -0.39 is 39.4 Å². The summed E-state index contributed by atoms with van der Waals surface area (Å²) in [7, 11) is 0. The minimum absolute atomic E-state index is 0.0659. The lowest BCUT2D eigenvalue weighted by Gasteiger charge is -2.40. The van der Waals surface area contributed by atoms with Crippen molar-refractivity contribution in [3.05, 3.63) is 67.8 Å². The number of esters is 1. The fourth-order valence-electron chi connectivity index (χ4n) is 7.15. The van der Waals surface area contributed by atoms with Gasteiger partial charge in [-0.15, -0.1) is 18.3 Å². The highest BCUT2D eigenvalue weighted by Crippen LogP contribution is 2.72. The Morgan fingerprint density at radius 1 is 1.18 bits per heavy atom. The summed E-state index contributed by atoms with van der Waals surface area (Å²) >= 11 is 1.59. The van der Waals surface area contributed by atoms with Crippen LogP contribution in [-0.4, -0.2) is 69.1 Å². The summed E-state index contributed by atoms with van der Waals surface area (Å²) in [6.07, 6.45) is 4.52. The maximum atomic E-state index is 14.8. The number of likely N-dealkylation sites (tertiary alicyclic amines) is 1. The molecule has 2 aromatic rings. The van der Waals surface area contributed by atoms with Crippen LogP contribution in [0.15, 0.2) is 67.8 Å². The molecule has 2 amide bonds. The summed E-state index contributed by atoms with van der Waals surface area (Å²) in [4.78, 5) is 45.9. The average molecular weight is 563 g/mol. The number of carbonyl (C=O) groups excluding carboxylic acids is 3. The van der Waals surface area contributed by atoms with Crippen molar-refractivity contribution in [2.45, 2.75) is 55.2 Å². The molecule has 3 aliphatic rings. The molecule has 8 heteroatoms. The van der Waals surface area contributed by atoms with Crippen LogP contribution in [0, 0.1) is 17.8 Å². The van der Waals surface area contributed by atoms with Gasteiger partial charge in [0.05, 0.1) is 29.2 Å². The topological polar surface area (TPSA) is 87.1 Å². The number of amides is 2. The van der Waals surface area contributed by atoms with E-state index in [-0.39, 0.29) is 37.5 Å². The second-order valence-corrected chi connectivity index (χ2v) is 13.6. The molecular weight excluding hydrogens is 524 g/mol. The number of benzene rings is 2. The van der Waals surface area contributed by atoms with Crippen LogP contribution in [0.1, 0.15) is 33.6 Å². The highest BCUT2D eigenvalue weighted by molar-refractivity contribution is 8.02. The Hall–Kier alpha value is -3.10. The molecule has 5 rings (SSSR count). The number of aliphatic hydroxyl groups excluding tert-OH is 1. The first-order valence-electron chi connectivity index (χ1n) is 14.0. The number of nitrogens with zero attached hydrogens (tertiary/aromatic N) is 2. The normalized spacial score (nSPS) is 29.5. The Labute approximate surface area is 240 Å². The Kier molecular flexibility index (Phi) is 7.61. The van der Waals surface area contributed by atoms with Gasteiger partial charge in [-0.1, -0.05) is 62.9 Å². The van der Waals surface area contributed by atoms with E-state index in [2.05, 4.69) is 13.2 Å². The molecule has 0 aromatic heterocycles. The molecule has 212 valence electrons. The largest absolute Gasteiger partial charge is 0.461 e. The zero-order valence-corrected chi connectivity index (χ0v) is 24.2. The van der Waals surface area contributed by atoms with Gasteiger partial charge in [-0.2, -0.15) is 0 Å². The average Bonchev–Trinajstić information content (AvgIpc) is 3.51. The minimum Gasteiger partial charge on any atom is -0.461 e. The van der Waals surface area contributed by atoms with Crippen LogP contribution >= 0.6 is 11.8 Å². The van der Waals surface area contributed by atoms with Crippen molar-refractivity contribution in [1.29, 1.82) is 0 Å². The Balaban J connectivity index is 1.63. The number of thioether (sulfide) groups is 1. The van der Waals surface area contributed by atoms with E-state index in [1.54, 1.807) is 27.6 Å². The third-order valence-corrected chi connectivity index (χ3v) is 11.0. The Morgan fingerprint density at radius 2 is 1.90 bits per heavy atom. The third-order valence-electron chi connectivity index (χ3n) is 8.98. The van der Waals surface area contributed by atoms with Crippen LogP contribution < -0.4 is 4.90 Å². The number of aliphatic hydroxyl groups is 1. The summed E-state index contributed by atoms with van der Waals surface area (Å²) in [6, 6.07) is 12.4. The lowest BCUT2D eigenvalue weighted by atomic mass is 9.66. The number of carbonyl (C=O) groups is 3. The van der Waals surface area contributed by atoms with Gasteiger partial charge in [-0.25, -0.2) is 0 Å². The molecule has 0 saturated carbocycles. The number of anilines is 1. The van der Waals surface area contributed by atoms with E-state index in [4.69, 9.17) is 4.74 Å². The van der Waals surface area contributed by atoms with E-state index in [0.29, 0.717) is 18.5 Å². The Bertz CT molecular complexity index is 1360. The van der Waals surface area contributed by atoms with Crippen molar-refractivity contribution in [3.63, 3.8) is 0 Å². The van der Waals surface area contributed by atoms with Crippen LogP contribution in [0.25, 0.3) is 10.8 Å². The smallest absolute Gasteiger partial charge is 0.311 e. The van der Waals surface area contributed by atoms with E-state index in [1.165, 1.54) is 6.08 Å². The van der Waals surface area contributed by atoms with Crippen LogP contribution in [0.2, 0.25) is 0 Å². The second kappa shape index (κ2) is 10.7. The summed E-state index contributed by atoms with van der Waals surface area (Å²) < 4.78 is 4.18. The van der Waals surface area contributed by atoms with Crippen molar-refractivity contribution >= 4 is 46.0 Å². The van der Waals surface area contributed by atoms with Crippen molar-refractivity contribution in [2.24, 2.45) is 17.8 Å². The monoisotopic (exact) mass is 562 g/mol. The van der Waals surface area contributed by atoms with Crippen LogP contribution in [0.5, 0.6) is 0 Å². The number of ether oxygens (including phenoxy) is 1. The summed E-state index contributed by atoms with van der Waals surface area (Å²) in [5.41, 5.74) is 0.714. The molecule has 40 heavy (non-hydrogen) atoms. The predicted octanol–water partition coefficient (Wildman–Crippen LogP) is 4.59. The Morgan fingerprint density at radius 3 is 2.55 bits per heavy atom. The molecule has 2 unspecified atom stereocenters. The third kappa shape index (κ3) is 4.27. The van der Waals surface area contributed by atoms with Crippen molar-refractivity contribution < 1.29 is 24.2 Å². The summed E-state index contributed by atoms with van der Waals surface area (Å²) in [5, 5.41) is 12.5. The molecule has 1 spiro atoms. The van der Waals surface area contributed by atoms with E-state index >= 15 is 0 Å². The quantitative estimate of drug-likeness (QED) is 0.337. The highest BCUT2D eigenvalue weighted by Gasteiger charge is 2.78. The number of fused-ring (bicyclic) bond motifs is 2. The van der Waals surface area contributed by atoms with Crippen molar-refractivity contribution in [2.75, 3.05) is 24.7 Å². The molecule has 3 fully saturated rings. The molecule has 1 N–H and O–H groups in total. The van der Waals surface area contributed by atoms with Crippen LogP contribution in [0.4, 0.5) is 5.69 Å². The van der Waals surface area contributed by atoms with Gasteiger partial charge in [0.15, 0.2) is 0 Å². The molecule has 6 atom stereocenters. The predicted molar refractivity (Wildman–Crippen MR) is 159 cm³/mol. The molecule has 3 saturated heterocycles. The minimum atomic E-state index is -0.847. The lowest BCUT2D eigenvalue weighted by Crippen LogP contribution is -2.58. The first-order valence-corrected chi connectivity index (χ1v) is 14.8. The van der Waals surface area contributed by atoms with Gasteiger partial charge in [0.1, 0.15) is 12.6 Å². The van der Waals surface area contributed by atoms with E-state index in [0.717, 1.165) is 10.8 Å². The number of hydrogen-bond acceptors (Lipinski definition) is 6. The lowest BCUT2D eigenvalue weighted by molar-refractivity contribution is -0.155. The number of rotatable bonds is 10. The molecule has 0 aliphatic carbocycles. The fraction of sp³-hybridized carbons (Fsp3) is 0.469. The zero-order valence-electron chi connectivity index (χ0n) is 23.4. The SMILES string of the molecule is C=CCOC(=O)[C@@H]1[C@H]2C(=O)N([C@@H](CO)C(C)C)C(C(=O)N(CC=C)c3ccc4ccccc4c3)C23CC[C@@]1(C)S3. The molecule has 2 aromatic carbocycles.